The van der Waals surface area contributed by atoms with Crippen LogP contribution < -0.4 is 0 Å². The molecular formula is C25H30O5. The lowest BCUT2D eigenvalue weighted by Crippen LogP contribution is -2.11. The molecule has 2 unspecified atom stereocenters. The lowest BCUT2D eigenvalue weighted by Gasteiger charge is -2.15. The van der Waals surface area contributed by atoms with Gasteiger partial charge in [-0.1, -0.05) is 48.5 Å². The zero-order valence-electron chi connectivity index (χ0n) is 17.4. The zero-order valence-corrected chi connectivity index (χ0v) is 17.4. The first-order valence-electron chi connectivity index (χ1n) is 10.9. The van der Waals surface area contributed by atoms with Gasteiger partial charge in [-0.2, -0.15) is 0 Å². The van der Waals surface area contributed by atoms with Crippen molar-refractivity contribution in [2.45, 2.75) is 37.9 Å². The molecule has 2 aromatic rings. The number of carbonyl (C=O) groups is 1. The van der Waals surface area contributed by atoms with Crippen molar-refractivity contribution in [2.75, 3.05) is 39.6 Å². The minimum absolute atomic E-state index is 0.0851. The summed E-state index contributed by atoms with van der Waals surface area (Å²) in [7, 11) is 0. The summed E-state index contributed by atoms with van der Waals surface area (Å²) in [6, 6.07) is 15.6. The van der Waals surface area contributed by atoms with Gasteiger partial charge in [0.1, 0.15) is 12.2 Å². The minimum atomic E-state index is 0.0851. The Balaban J connectivity index is 1.40. The normalized spacial score (nSPS) is 19.6. The fourth-order valence-corrected chi connectivity index (χ4v) is 3.60. The quantitative estimate of drug-likeness (QED) is 0.270. The molecule has 5 nitrogen and oxygen atoms in total. The number of hydrogen-bond donors (Lipinski definition) is 0. The second-order valence-corrected chi connectivity index (χ2v) is 7.91. The van der Waals surface area contributed by atoms with Crippen molar-refractivity contribution in [1.29, 1.82) is 0 Å². The van der Waals surface area contributed by atoms with Crippen LogP contribution in [0.5, 0.6) is 0 Å². The molecule has 0 radical (unpaired) electrons. The van der Waals surface area contributed by atoms with Crippen LogP contribution in [0.15, 0.2) is 48.5 Å². The predicted molar refractivity (Wildman–Crippen MR) is 114 cm³/mol. The van der Waals surface area contributed by atoms with Crippen molar-refractivity contribution >= 4 is 5.78 Å². The van der Waals surface area contributed by atoms with E-state index in [1.165, 1.54) is 5.56 Å². The highest BCUT2D eigenvalue weighted by atomic mass is 16.6. The third-order valence-corrected chi connectivity index (χ3v) is 5.42. The van der Waals surface area contributed by atoms with Crippen LogP contribution in [-0.4, -0.2) is 57.6 Å². The number of aryl methyl sites for hydroxylation is 1. The molecule has 0 N–H and O–H groups in total. The van der Waals surface area contributed by atoms with Gasteiger partial charge in [-0.05, 0) is 36.8 Å². The molecule has 4 rings (SSSR count). The van der Waals surface area contributed by atoms with Gasteiger partial charge in [-0.15, -0.1) is 0 Å². The van der Waals surface area contributed by atoms with Crippen molar-refractivity contribution in [3.8, 4) is 0 Å². The van der Waals surface area contributed by atoms with Gasteiger partial charge in [-0.3, -0.25) is 4.79 Å². The number of rotatable bonds is 14. The van der Waals surface area contributed by atoms with Crippen LogP contribution >= 0.6 is 0 Å². The zero-order chi connectivity index (χ0) is 20.6. The number of epoxide rings is 2. The Morgan fingerprint density at radius 1 is 0.833 bits per heavy atom. The van der Waals surface area contributed by atoms with E-state index >= 15 is 0 Å². The van der Waals surface area contributed by atoms with Gasteiger partial charge in [-0.25, -0.2) is 0 Å². The highest BCUT2D eigenvalue weighted by molar-refractivity contribution is 6.10. The summed E-state index contributed by atoms with van der Waals surface area (Å²) < 4.78 is 21.8. The molecule has 30 heavy (non-hydrogen) atoms. The maximum atomic E-state index is 13.2. The summed E-state index contributed by atoms with van der Waals surface area (Å²) in [5.74, 6) is 0.0851. The summed E-state index contributed by atoms with van der Waals surface area (Å²) in [5.41, 5.74) is 3.90. The van der Waals surface area contributed by atoms with Crippen LogP contribution in [0.25, 0.3) is 0 Å². The van der Waals surface area contributed by atoms with Gasteiger partial charge in [0.05, 0.1) is 26.4 Å². The third kappa shape index (κ3) is 6.47. The number of ether oxygens (including phenoxy) is 4. The first-order valence-corrected chi connectivity index (χ1v) is 10.9. The summed E-state index contributed by atoms with van der Waals surface area (Å²) >= 11 is 0. The van der Waals surface area contributed by atoms with E-state index in [0.29, 0.717) is 32.5 Å². The molecule has 2 fully saturated rings. The van der Waals surface area contributed by atoms with Gasteiger partial charge < -0.3 is 18.9 Å². The molecular weight excluding hydrogens is 380 g/mol. The lowest BCUT2D eigenvalue weighted by atomic mass is 9.90. The van der Waals surface area contributed by atoms with E-state index in [-0.39, 0.29) is 11.9 Å². The number of hydrogen-bond acceptors (Lipinski definition) is 5. The van der Waals surface area contributed by atoms with E-state index in [2.05, 4.69) is 6.07 Å². The molecule has 0 amide bonds. The van der Waals surface area contributed by atoms with Gasteiger partial charge in [0.2, 0.25) is 0 Å². The molecule has 0 bridgehead atoms. The van der Waals surface area contributed by atoms with E-state index < -0.39 is 0 Å². The first kappa shape index (κ1) is 21.2. The molecule has 2 heterocycles. The van der Waals surface area contributed by atoms with Crippen molar-refractivity contribution in [3.63, 3.8) is 0 Å². The van der Waals surface area contributed by atoms with Crippen LogP contribution in [0.3, 0.4) is 0 Å². The second kappa shape index (κ2) is 10.8. The van der Waals surface area contributed by atoms with Gasteiger partial charge in [0.15, 0.2) is 5.78 Å². The lowest BCUT2D eigenvalue weighted by molar-refractivity contribution is 0.103. The van der Waals surface area contributed by atoms with Crippen LogP contribution in [0.1, 0.15) is 39.9 Å². The molecule has 2 aliphatic rings. The maximum absolute atomic E-state index is 13.2. The monoisotopic (exact) mass is 410 g/mol. The van der Waals surface area contributed by atoms with Crippen molar-refractivity contribution in [2.24, 2.45) is 0 Å². The second-order valence-electron chi connectivity index (χ2n) is 7.91. The molecule has 160 valence electrons. The molecule has 0 aliphatic carbocycles. The summed E-state index contributed by atoms with van der Waals surface area (Å²) in [5, 5.41) is 0. The van der Waals surface area contributed by atoms with Gasteiger partial charge in [0.25, 0.3) is 0 Å². The first-order chi connectivity index (χ1) is 14.8. The third-order valence-electron chi connectivity index (χ3n) is 5.42. The van der Waals surface area contributed by atoms with Gasteiger partial charge >= 0.3 is 0 Å². The fourth-order valence-electron chi connectivity index (χ4n) is 3.60. The van der Waals surface area contributed by atoms with Crippen molar-refractivity contribution in [3.05, 3.63) is 70.8 Å². The summed E-state index contributed by atoms with van der Waals surface area (Å²) in [6.45, 7) is 4.37. The predicted octanol–water partition coefficient (Wildman–Crippen LogP) is 3.61. The molecule has 0 spiro atoms. The number of ketones is 1. The highest BCUT2D eigenvalue weighted by Gasteiger charge is 2.23. The van der Waals surface area contributed by atoms with Crippen LogP contribution in [0.2, 0.25) is 0 Å². The molecule has 5 heteroatoms. The van der Waals surface area contributed by atoms with E-state index in [1.54, 1.807) is 0 Å². The molecule has 0 aromatic heterocycles. The minimum Gasteiger partial charge on any atom is -0.379 e. The van der Waals surface area contributed by atoms with Crippen molar-refractivity contribution < 1.29 is 23.7 Å². The smallest absolute Gasteiger partial charge is 0.193 e. The van der Waals surface area contributed by atoms with Crippen LogP contribution in [-0.2, 0) is 31.8 Å². The molecule has 2 aromatic carbocycles. The standard InChI is InChI=1S/C25H30O5/c26-25(20-7-2-1-3-8-20)24-11-4-9-19(10-5-13-27-15-21-17-29-21)23(24)12-6-14-28-16-22-18-30-22/h1-4,7-9,11,21-22H,5-6,10,12-18H2. The molecule has 2 atom stereocenters. The van der Waals surface area contributed by atoms with E-state index in [1.807, 2.05) is 42.5 Å². The molecule has 0 saturated carbocycles. The van der Waals surface area contributed by atoms with Crippen molar-refractivity contribution in [1.82, 2.24) is 0 Å². The summed E-state index contributed by atoms with van der Waals surface area (Å²) in [6.07, 6.45) is 4.12. The number of benzene rings is 2. The van der Waals surface area contributed by atoms with Crippen LogP contribution in [0, 0.1) is 0 Å². The Morgan fingerprint density at radius 2 is 1.47 bits per heavy atom. The Morgan fingerprint density at radius 3 is 2.10 bits per heavy atom. The largest absolute Gasteiger partial charge is 0.379 e. The van der Waals surface area contributed by atoms with Gasteiger partial charge in [0, 0.05) is 24.3 Å². The Bertz CT molecular complexity index is 812. The number of carbonyl (C=O) groups excluding carboxylic acids is 1. The summed E-state index contributed by atoms with van der Waals surface area (Å²) in [4.78, 5) is 13.2. The van der Waals surface area contributed by atoms with E-state index in [0.717, 1.165) is 55.6 Å². The highest BCUT2D eigenvalue weighted by Crippen LogP contribution is 2.22. The Labute approximate surface area is 178 Å². The van der Waals surface area contributed by atoms with Crippen LogP contribution in [0.4, 0.5) is 0 Å². The average molecular weight is 411 g/mol. The Hall–Kier alpha value is -2.05. The topological polar surface area (TPSA) is 60.6 Å². The van der Waals surface area contributed by atoms with E-state index in [9.17, 15) is 4.79 Å². The SMILES string of the molecule is O=C(c1ccccc1)c1cccc(CCCOCC2CO2)c1CCCOCC1CO1. The maximum Gasteiger partial charge on any atom is 0.193 e. The van der Waals surface area contributed by atoms with E-state index in [4.69, 9.17) is 18.9 Å². The average Bonchev–Trinajstić information content (AvgIpc) is 3.69. The Kier molecular flexibility index (Phi) is 7.65. The molecule has 2 aliphatic heterocycles. The molecule has 2 saturated heterocycles. The fraction of sp³-hybridized carbons (Fsp3) is 0.480.